The van der Waals surface area contributed by atoms with E-state index in [1.54, 1.807) is 13.2 Å². The first-order valence-electron chi connectivity index (χ1n) is 9.13. The van der Waals surface area contributed by atoms with Crippen LogP contribution in [0, 0.1) is 5.41 Å². The number of nitrogens with one attached hydrogen (secondary N) is 1. The van der Waals surface area contributed by atoms with Gasteiger partial charge in [-0.1, -0.05) is 6.07 Å². The lowest BCUT2D eigenvalue weighted by Crippen LogP contribution is -2.41. The first-order valence-corrected chi connectivity index (χ1v) is 9.13. The van der Waals surface area contributed by atoms with Crippen molar-refractivity contribution in [1.29, 1.82) is 0 Å². The van der Waals surface area contributed by atoms with Crippen molar-refractivity contribution in [3.8, 4) is 11.5 Å². The molecule has 6 nitrogen and oxygen atoms in total. The lowest BCUT2D eigenvalue weighted by Gasteiger charge is -2.25. The van der Waals surface area contributed by atoms with Crippen LogP contribution in [0.1, 0.15) is 25.3 Å². The van der Waals surface area contributed by atoms with Gasteiger partial charge in [0.2, 0.25) is 0 Å². The smallest absolute Gasteiger partial charge is 0.193 e. The number of phenols is 1. The van der Waals surface area contributed by atoms with Crippen LogP contribution in [0.2, 0.25) is 0 Å². The Morgan fingerprint density at radius 1 is 1.44 bits per heavy atom. The molecular weight excluding hydrogens is 318 g/mol. The number of nitrogens with zero attached hydrogens (tertiary/aromatic N) is 2. The van der Waals surface area contributed by atoms with Crippen molar-refractivity contribution in [3.63, 3.8) is 0 Å². The minimum atomic E-state index is 0.266. The number of benzene rings is 1. The Morgan fingerprint density at radius 3 is 3.00 bits per heavy atom. The van der Waals surface area contributed by atoms with Gasteiger partial charge in [0.05, 0.1) is 13.7 Å². The summed E-state index contributed by atoms with van der Waals surface area (Å²) < 4.78 is 10.7. The second-order valence-corrected chi connectivity index (χ2v) is 6.95. The molecule has 6 heteroatoms. The van der Waals surface area contributed by atoms with Crippen LogP contribution in [0.5, 0.6) is 11.5 Å². The second kappa shape index (κ2) is 7.95. The summed E-state index contributed by atoms with van der Waals surface area (Å²) in [6.45, 7) is 7.40. The molecule has 138 valence electrons. The standard InChI is InChI=1S/C19H29N3O3/c1-3-20-18(22-10-7-19(13-22)8-11-25-14-19)21-9-6-15-4-5-16(24-2)12-17(15)23/h4-5,12,23H,3,6-11,13-14H2,1-2H3,(H,20,21). The molecule has 2 aliphatic heterocycles. The highest BCUT2D eigenvalue weighted by atomic mass is 16.5. The third kappa shape index (κ3) is 4.18. The summed E-state index contributed by atoms with van der Waals surface area (Å²) in [6, 6.07) is 5.42. The largest absolute Gasteiger partial charge is 0.508 e. The van der Waals surface area contributed by atoms with Gasteiger partial charge in [0.1, 0.15) is 11.5 Å². The van der Waals surface area contributed by atoms with Gasteiger partial charge < -0.3 is 24.8 Å². The maximum absolute atomic E-state index is 10.1. The van der Waals surface area contributed by atoms with Crippen molar-refractivity contribution in [2.45, 2.75) is 26.2 Å². The van der Waals surface area contributed by atoms with Crippen molar-refractivity contribution in [1.82, 2.24) is 10.2 Å². The number of hydrogen-bond acceptors (Lipinski definition) is 4. The van der Waals surface area contributed by atoms with Crippen LogP contribution in [0.15, 0.2) is 23.2 Å². The van der Waals surface area contributed by atoms with Crippen molar-refractivity contribution >= 4 is 5.96 Å². The van der Waals surface area contributed by atoms with E-state index in [0.717, 1.165) is 50.8 Å². The van der Waals surface area contributed by atoms with Gasteiger partial charge in [0, 0.05) is 44.3 Å². The fourth-order valence-electron chi connectivity index (χ4n) is 3.68. The van der Waals surface area contributed by atoms with Gasteiger partial charge in [-0.3, -0.25) is 4.99 Å². The number of likely N-dealkylation sites (tertiary alicyclic amines) is 1. The highest BCUT2D eigenvalue weighted by molar-refractivity contribution is 5.80. The van der Waals surface area contributed by atoms with Crippen LogP contribution < -0.4 is 10.1 Å². The number of aromatic hydroxyl groups is 1. The maximum Gasteiger partial charge on any atom is 0.193 e. The van der Waals surface area contributed by atoms with Crippen molar-refractivity contribution in [2.24, 2.45) is 10.4 Å². The van der Waals surface area contributed by atoms with Gasteiger partial charge in [0.25, 0.3) is 0 Å². The molecule has 2 fully saturated rings. The summed E-state index contributed by atoms with van der Waals surface area (Å²) >= 11 is 0. The van der Waals surface area contributed by atoms with Gasteiger partial charge in [-0.2, -0.15) is 0 Å². The highest BCUT2D eigenvalue weighted by Crippen LogP contribution is 2.38. The molecular formula is C19H29N3O3. The van der Waals surface area contributed by atoms with Crippen molar-refractivity contribution in [3.05, 3.63) is 23.8 Å². The molecule has 1 unspecified atom stereocenters. The Bertz CT molecular complexity index is 612. The Kier molecular flexibility index (Phi) is 5.68. The predicted molar refractivity (Wildman–Crippen MR) is 98.4 cm³/mol. The van der Waals surface area contributed by atoms with Crippen LogP contribution in [0.4, 0.5) is 0 Å². The van der Waals surface area contributed by atoms with E-state index in [1.165, 1.54) is 6.42 Å². The lowest BCUT2D eigenvalue weighted by molar-refractivity contribution is 0.156. The minimum absolute atomic E-state index is 0.266. The van der Waals surface area contributed by atoms with Crippen molar-refractivity contribution in [2.75, 3.05) is 46.5 Å². The van der Waals surface area contributed by atoms with E-state index in [-0.39, 0.29) is 5.75 Å². The monoisotopic (exact) mass is 347 g/mol. The molecule has 1 aromatic carbocycles. The number of aliphatic imine (C=N–C) groups is 1. The van der Waals surface area contributed by atoms with Gasteiger partial charge in [0.15, 0.2) is 5.96 Å². The molecule has 2 saturated heterocycles. The van der Waals surface area contributed by atoms with Gasteiger partial charge in [-0.25, -0.2) is 0 Å². The number of ether oxygens (including phenoxy) is 2. The SMILES string of the molecule is CCNC(=NCCc1ccc(OC)cc1O)N1CCC2(CCOC2)C1. The zero-order valence-corrected chi connectivity index (χ0v) is 15.3. The molecule has 1 spiro atoms. The molecule has 0 saturated carbocycles. The Labute approximate surface area is 149 Å². The molecule has 25 heavy (non-hydrogen) atoms. The molecule has 0 aliphatic carbocycles. The summed E-state index contributed by atoms with van der Waals surface area (Å²) in [5.74, 6) is 1.90. The quantitative estimate of drug-likeness (QED) is 0.630. The van der Waals surface area contributed by atoms with Crippen LogP contribution >= 0.6 is 0 Å². The zero-order valence-electron chi connectivity index (χ0n) is 15.3. The minimum Gasteiger partial charge on any atom is -0.508 e. The average Bonchev–Trinajstić information content (AvgIpc) is 3.25. The molecule has 1 aromatic rings. The fraction of sp³-hybridized carbons (Fsp3) is 0.632. The van der Waals surface area contributed by atoms with E-state index in [0.29, 0.717) is 24.1 Å². The molecule has 3 rings (SSSR count). The fourth-order valence-corrected chi connectivity index (χ4v) is 3.68. The molecule has 2 aliphatic rings. The summed E-state index contributed by atoms with van der Waals surface area (Å²) in [7, 11) is 1.60. The molecule has 2 heterocycles. The summed E-state index contributed by atoms with van der Waals surface area (Å²) in [5, 5.41) is 13.5. The first-order chi connectivity index (χ1) is 12.2. The number of phenolic OH excluding ortho intramolecular Hbond substituents is 1. The van der Waals surface area contributed by atoms with Crippen LogP contribution in [0.3, 0.4) is 0 Å². The van der Waals surface area contributed by atoms with E-state index in [4.69, 9.17) is 14.5 Å². The van der Waals surface area contributed by atoms with Gasteiger partial charge in [-0.05, 0) is 37.8 Å². The average molecular weight is 347 g/mol. The number of hydrogen-bond donors (Lipinski definition) is 2. The number of methoxy groups -OCH3 is 1. The number of rotatable bonds is 5. The summed E-state index contributed by atoms with van der Waals surface area (Å²) in [5.41, 5.74) is 1.22. The van der Waals surface area contributed by atoms with Crippen LogP contribution in [-0.4, -0.2) is 62.5 Å². The number of guanidine groups is 1. The molecule has 2 N–H and O–H groups in total. The van der Waals surface area contributed by atoms with E-state index < -0.39 is 0 Å². The third-order valence-corrected chi connectivity index (χ3v) is 5.19. The Morgan fingerprint density at radius 2 is 2.32 bits per heavy atom. The van der Waals surface area contributed by atoms with Gasteiger partial charge >= 0.3 is 0 Å². The predicted octanol–water partition coefficient (Wildman–Crippen LogP) is 2.02. The molecule has 0 amide bonds. The Hall–Kier alpha value is -1.95. The third-order valence-electron chi connectivity index (χ3n) is 5.19. The van der Waals surface area contributed by atoms with Gasteiger partial charge in [-0.15, -0.1) is 0 Å². The molecule has 0 radical (unpaired) electrons. The molecule has 1 atom stereocenters. The second-order valence-electron chi connectivity index (χ2n) is 6.95. The van der Waals surface area contributed by atoms with Crippen LogP contribution in [-0.2, 0) is 11.2 Å². The molecule has 0 aromatic heterocycles. The van der Waals surface area contributed by atoms with E-state index >= 15 is 0 Å². The summed E-state index contributed by atoms with van der Waals surface area (Å²) in [4.78, 5) is 7.13. The van der Waals surface area contributed by atoms with E-state index in [2.05, 4.69) is 17.1 Å². The maximum atomic E-state index is 10.1. The highest BCUT2D eigenvalue weighted by Gasteiger charge is 2.42. The van der Waals surface area contributed by atoms with E-state index in [1.807, 2.05) is 12.1 Å². The lowest BCUT2D eigenvalue weighted by atomic mass is 9.87. The topological polar surface area (TPSA) is 66.3 Å². The normalized spacial score (nSPS) is 23.4. The van der Waals surface area contributed by atoms with Crippen molar-refractivity contribution < 1.29 is 14.6 Å². The molecule has 0 bridgehead atoms. The Balaban J connectivity index is 1.61. The van der Waals surface area contributed by atoms with Crippen LogP contribution in [0.25, 0.3) is 0 Å². The first kappa shape index (κ1) is 17.9. The zero-order chi connectivity index (χ0) is 17.7. The summed E-state index contributed by atoms with van der Waals surface area (Å²) in [6.07, 6.45) is 3.03. The van der Waals surface area contributed by atoms with E-state index in [9.17, 15) is 5.11 Å².